The molecule has 0 aliphatic carbocycles. The minimum atomic E-state index is -3.83. The number of aliphatic hydroxyl groups is 1. The van der Waals surface area contributed by atoms with Crippen molar-refractivity contribution >= 4 is 9.84 Å². The summed E-state index contributed by atoms with van der Waals surface area (Å²) >= 11 is 0. The Morgan fingerprint density at radius 2 is 2.00 bits per heavy atom. The molecule has 0 aliphatic heterocycles. The third-order valence-electron chi connectivity index (χ3n) is 2.47. The number of benzene rings is 1. The van der Waals surface area contributed by atoms with Crippen LogP contribution in [0.4, 0.5) is 8.78 Å². The lowest BCUT2D eigenvalue weighted by molar-refractivity contribution is 0.194. The van der Waals surface area contributed by atoms with Crippen LogP contribution in [-0.4, -0.2) is 38.5 Å². The fourth-order valence-corrected chi connectivity index (χ4v) is 2.90. The van der Waals surface area contributed by atoms with Gasteiger partial charge >= 0.3 is 0 Å². The normalized spacial score (nSPS) is 13.5. The van der Waals surface area contributed by atoms with Crippen molar-refractivity contribution < 1.29 is 22.3 Å². The van der Waals surface area contributed by atoms with Crippen LogP contribution >= 0.6 is 0 Å². The Kier molecular flexibility index (Phi) is 5.84. The van der Waals surface area contributed by atoms with E-state index >= 15 is 0 Å². The van der Waals surface area contributed by atoms with Gasteiger partial charge in [-0.25, -0.2) is 17.2 Å². The smallest absolute Gasteiger partial charge is 0.181 e. The zero-order valence-corrected chi connectivity index (χ0v) is 11.4. The molecule has 1 unspecified atom stereocenters. The van der Waals surface area contributed by atoms with Crippen molar-refractivity contribution in [1.82, 2.24) is 5.32 Å². The van der Waals surface area contributed by atoms with Crippen molar-refractivity contribution in [2.45, 2.75) is 24.3 Å². The average Bonchev–Trinajstić information content (AvgIpc) is 2.32. The van der Waals surface area contributed by atoms with Crippen LogP contribution in [-0.2, 0) is 9.84 Å². The molecule has 1 aromatic rings. The number of halogens is 2. The first-order valence-electron chi connectivity index (χ1n) is 5.93. The van der Waals surface area contributed by atoms with Crippen LogP contribution in [0.5, 0.6) is 0 Å². The van der Waals surface area contributed by atoms with Gasteiger partial charge in [-0.2, -0.15) is 0 Å². The summed E-state index contributed by atoms with van der Waals surface area (Å²) in [6.07, 6.45) is -0.229. The maximum absolute atomic E-state index is 13.0. The summed E-state index contributed by atoms with van der Waals surface area (Å²) in [4.78, 5) is -0.332. The van der Waals surface area contributed by atoms with Gasteiger partial charge in [-0.3, -0.25) is 0 Å². The highest BCUT2D eigenvalue weighted by Gasteiger charge is 2.20. The number of aliphatic hydroxyl groups excluding tert-OH is 1. The van der Waals surface area contributed by atoms with Gasteiger partial charge in [0.1, 0.15) is 0 Å². The molecule has 1 rings (SSSR count). The topological polar surface area (TPSA) is 66.4 Å². The van der Waals surface area contributed by atoms with Crippen molar-refractivity contribution in [3.8, 4) is 0 Å². The lowest BCUT2D eigenvalue weighted by atomic mass is 10.3. The van der Waals surface area contributed by atoms with Crippen LogP contribution in [0.1, 0.15) is 13.3 Å². The molecule has 0 aliphatic rings. The molecule has 4 nitrogen and oxygen atoms in total. The summed E-state index contributed by atoms with van der Waals surface area (Å²) in [5.41, 5.74) is 0. The van der Waals surface area contributed by atoms with Crippen molar-refractivity contribution in [2.75, 3.05) is 18.8 Å². The van der Waals surface area contributed by atoms with E-state index in [2.05, 4.69) is 5.32 Å². The third kappa shape index (κ3) is 4.85. The highest BCUT2D eigenvalue weighted by atomic mass is 32.2. The van der Waals surface area contributed by atoms with Crippen LogP contribution < -0.4 is 5.32 Å². The monoisotopic (exact) mass is 293 g/mol. The molecular weight excluding hydrogens is 276 g/mol. The third-order valence-corrected chi connectivity index (χ3v) is 4.26. The molecule has 0 aromatic heterocycles. The van der Waals surface area contributed by atoms with Gasteiger partial charge in [0.25, 0.3) is 0 Å². The fraction of sp³-hybridized carbons (Fsp3) is 0.500. The predicted molar refractivity (Wildman–Crippen MR) is 67.6 cm³/mol. The molecule has 0 bridgehead atoms. The van der Waals surface area contributed by atoms with Gasteiger partial charge in [0.15, 0.2) is 21.5 Å². The number of hydrogen-bond donors (Lipinski definition) is 2. The lowest BCUT2D eigenvalue weighted by Crippen LogP contribution is -2.32. The summed E-state index contributed by atoms with van der Waals surface area (Å²) in [5, 5.41) is 12.5. The van der Waals surface area contributed by atoms with E-state index < -0.39 is 33.3 Å². The first kappa shape index (κ1) is 16.0. The number of nitrogens with one attached hydrogen (secondary N) is 1. The Hall–Kier alpha value is -1.05. The quantitative estimate of drug-likeness (QED) is 0.583. The Morgan fingerprint density at radius 1 is 1.32 bits per heavy atom. The molecule has 1 aromatic carbocycles. The molecule has 2 N–H and O–H groups in total. The lowest BCUT2D eigenvalue weighted by Gasteiger charge is -2.12. The first-order valence-corrected chi connectivity index (χ1v) is 7.58. The predicted octanol–water partition coefficient (Wildman–Crippen LogP) is 1.10. The second-order valence-corrected chi connectivity index (χ2v) is 6.25. The molecule has 0 radical (unpaired) electrons. The minimum Gasteiger partial charge on any atom is -0.391 e. The average molecular weight is 293 g/mol. The summed E-state index contributed by atoms with van der Waals surface area (Å²) in [7, 11) is -3.83. The zero-order valence-electron chi connectivity index (χ0n) is 10.6. The molecular formula is C12H17F2NO3S. The van der Waals surface area contributed by atoms with E-state index in [1.165, 1.54) is 0 Å². The molecule has 7 heteroatoms. The minimum absolute atomic E-state index is 0.136. The van der Waals surface area contributed by atoms with Gasteiger partial charge in [0.2, 0.25) is 0 Å². The van der Waals surface area contributed by atoms with E-state index in [0.717, 1.165) is 18.6 Å². The Morgan fingerprint density at radius 3 is 2.58 bits per heavy atom. The van der Waals surface area contributed by atoms with Gasteiger partial charge in [0.05, 0.1) is 16.8 Å². The van der Waals surface area contributed by atoms with Gasteiger partial charge in [-0.05, 0) is 31.2 Å². The van der Waals surface area contributed by atoms with Crippen molar-refractivity contribution in [3.05, 3.63) is 29.8 Å². The van der Waals surface area contributed by atoms with Crippen LogP contribution in [0, 0.1) is 11.6 Å². The highest BCUT2D eigenvalue weighted by molar-refractivity contribution is 7.91. The molecule has 0 amide bonds. The number of sulfone groups is 1. The molecule has 0 heterocycles. The number of rotatable bonds is 7. The summed E-state index contributed by atoms with van der Waals surface area (Å²) in [5.74, 6) is -2.86. The first-order chi connectivity index (χ1) is 8.86. The molecule has 1 atom stereocenters. The highest BCUT2D eigenvalue weighted by Crippen LogP contribution is 2.15. The van der Waals surface area contributed by atoms with E-state index in [9.17, 15) is 22.3 Å². The molecule has 19 heavy (non-hydrogen) atoms. The molecule has 0 spiro atoms. The number of hydrogen-bond acceptors (Lipinski definition) is 4. The molecule has 0 saturated heterocycles. The van der Waals surface area contributed by atoms with E-state index in [-0.39, 0.29) is 11.4 Å². The standard InChI is InChI=1S/C12H17F2NO3S/c1-2-5-15-7-9(16)8-19(17,18)10-3-4-11(13)12(14)6-10/h3-4,6,9,15-16H,2,5,7-8H2,1H3. The van der Waals surface area contributed by atoms with Crippen LogP contribution in [0.25, 0.3) is 0 Å². The molecule has 108 valence electrons. The summed E-state index contributed by atoms with van der Waals surface area (Å²) in [6, 6.07) is 2.36. The van der Waals surface area contributed by atoms with E-state index in [4.69, 9.17) is 0 Å². The maximum Gasteiger partial charge on any atom is 0.181 e. The summed E-state index contributed by atoms with van der Waals surface area (Å²) in [6.45, 7) is 2.75. The zero-order chi connectivity index (χ0) is 14.5. The second kappa shape index (κ2) is 6.93. The SMILES string of the molecule is CCCNCC(O)CS(=O)(=O)c1ccc(F)c(F)c1. The van der Waals surface area contributed by atoms with Gasteiger partial charge in [0, 0.05) is 6.54 Å². The largest absolute Gasteiger partial charge is 0.391 e. The van der Waals surface area contributed by atoms with Gasteiger partial charge in [-0.1, -0.05) is 6.92 Å². The van der Waals surface area contributed by atoms with E-state index in [0.29, 0.717) is 12.6 Å². The molecule has 0 saturated carbocycles. The van der Waals surface area contributed by atoms with Crippen molar-refractivity contribution in [2.24, 2.45) is 0 Å². The van der Waals surface area contributed by atoms with Crippen LogP contribution in [0.2, 0.25) is 0 Å². The fourth-order valence-electron chi connectivity index (χ4n) is 1.52. The second-order valence-electron chi connectivity index (χ2n) is 4.22. The van der Waals surface area contributed by atoms with Gasteiger partial charge < -0.3 is 10.4 Å². The van der Waals surface area contributed by atoms with Crippen molar-refractivity contribution in [1.29, 1.82) is 0 Å². The molecule has 0 fully saturated rings. The van der Waals surface area contributed by atoms with Crippen molar-refractivity contribution in [3.63, 3.8) is 0 Å². The van der Waals surface area contributed by atoms with Crippen LogP contribution in [0.15, 0.2) is 23.1 Å². The van der Waals surface area contributed by atoms with Gasteiger partial charge in [-0.15, -0.1) is 0 Å². The van der Waals surface area contributed by atoms with Crippen LogP contribution in [0.3, 0.4) is 0 Å². The summed E-state index contributed by atoms with van der Waals surface area (Å²) < 4.78 is 49.4. The Bertz CT molecular complexity index is 520. The Labute approximate surface area is 111 Å². The van der Waals surface area contributed by atoms with E-state index in [1.807, 2.05) is 6.92 Å². The maximum atomic E-state index is 13.0. The Balaban J connectivity index is 2.72. The van der Waals surface area contributed by atoms with E-state index in [1.54, 1.807) is 0 Å².